The first-order valence-electron chi connectivity index (χ1n) is 3.07. The van der Waals surface area contributed by atoms with Crippen LogP contribution in [-0.4, -0.2) is 4.57 Å². The first-order valence-corrected chi connectivity index (χ1v) is 3.07. The molecular weight excluding hydrogens is 110 g/mol. The third kappa shape index (κ3) is 1.22. The zero-order valence-corrected chi connectivity index (χ0v) is 5.67. The average Bonchev–Trinajstić information content (AvgIpc) is 2.18. The Morgan fingerprint density at radius 1 is 1.78 bits per heavy atom. The lowest BCUT2D eigenvalue weighted by atomic mass is 10.5. The van der Waals surface area contributed by atoms with Gasteiger partial charge in [-0.25, -0.2) is 0 Å². The predicted octanol–water partition coefficient (Wildman–Crippen LogP) is 1.98. The van der Waals surface area contributed by atoms with Gasteiger partial charge >= 0.3 is 0 Å². The molecule has 1 aromatic heterocycles. The van der Waals surface area contributed by atoms with Gasteiger partial charge in [0.2, 0.25) is 0 Å². The van der Waals surface area contributed by atoms with Gasteiger partial charge in [-0.3, -0.25) is 0 Å². The summed E-state index contributed by atoms with van der Waals surface area (Å²) >= 11 is 0. The summed E-state index contributed by atoms with van der Waals surface area (Å²) in [7, 11) is 0. The summed E-state index contributed by atoms with van der Waals surface area (Å²) in [6, 6.07) is 4.13. The second kappa shape index (κ2) is 2.53. The molecule has 0 saturated heterocycles. The third-order valence-corrected chi connectivity index (χ3v) is 1.38. The van der Waals surface area contributed by atoms with Gasteiger partial charge in [-0.05, 0) is 19.1 Å². The number of allylic oxidation sites excluding steroid dienone is 1. The number of rotatable bonds is 2. The highest BCUT2D eigenvalue weighted by molar-refractivity contribution is 5.05. The normalized spacial score (nSPS) is 9.44. The van der Waals surface area contributed by atoms with Crippen LogP contribution < -0.4 is 0 Å². The Morgan fingerprint density at radius 2 is 2.56 bits per heavy atom. The molecule has 0 N–H and O–H groups in total. The highest BCUT2D eigenvalue weighted by Crippen LogP contribution is 1.98. The van der Waals surface area contributed by atoms with Crippen molar-refractivity contribution < 1.29 is 0 Å². The summed E-state index contributed by atoms with van der Waals surface area (Å²) in [5, 5.41) is 0. The van der Waals surface area contributed by atoms with E-state index in [9.17, 15) is 0 Å². The highest BCUT2D eigenvalue weighted by atomic mass is 14.9. The molecule has 0 bridgehead atoms. The van der Waals surface area contributed by atoms with Crippen LogP contribution in [0.25, 0.3) is 0 Å². The van der Waals surface area contributed by atoms with E-state index in [2.05, 4.69) is 30.3 Å². The number of nitrogens with zero attached hydrogens (tertiary/aromatic N) is 1. The van der Waals surface area contributed by atoms with Crippen LogP contribution in [0.15, 0.2) is 31.0 Å². The summed E-state index contributed by atoms with van der Waals surface area (Å²) in [6.07, 6.45) is 3.95. The molecule has 48 valence electrons. The molecule has 0 aromatic carbocycles. The van der Waals surface area contributed by atoms with Crippen molar-refractivity contribution in [1.29, 1.82) is 0 Å². The van der Waals surface area contributed by atoms with Crippen molar-refractivity contribution in [3.63, 3.8) is 0 Å². The van der Waals surface area contributed by atoms with Crippen LogP contribution in [0.4, 0.5) is 0 Å². The van der Waals surface area contributed by atoms with Crippen LogP contribution in [-0.2, 0) is 6.54 Å². The first-order chi connectivity index (χ1) is 4.34. The van der Waals surface area contributed by atoms with Gasteiger partial charge in [-0.1, -0.05) is 6.08 Å². The number of hydrogen-bond acceptors (Lipinski definition) is 0. The maximum absolute atomic E-state index is 3.66. The monoisotopic (exact) mass is 121 g/mol. The van der Waals surface area contributed by atoms with Gasteiger partial charge in [0.05, 0.1) is 0 Å². The van der Waals surface area contributed by atoms with Crippen LogP contribution >= 0.6 is 0 Å². The van der Waals surface area contributed by atoms with E-state index in [-0.39, 0.29) is 0 Å². The van der Waals surface area contributed by atoms with Gasteiger partial charge in [0.1, 0.15) is 0 Å². The molecule has 0 aliphatic rings. The Labute approximate surface area is 55.6 Å². The minimum atomic E-state index is 0.916. The van der Waals surface area contributed by atoms with E-state index >= 15 is 0 Å². The minimum Gasteiger partial charge on any atom is -0.348 e. The highest BCUT2D eigenvalue weighted by Gasteiger charge is 1.88. The molecule has 0 aliphatic carbocycles. The maximum Gasteiger partial charge on any atom is 0.0400 e. The zero-order chi connectivity index (χ0) is 6.69. The maximum atomic E-state index is 3.66. The summed E-state index contributed by atoms with van der Waals surface area (Å²) < 4.78 is 2.15. The van der Waals surface area contributed by atoms with Crippen LogP contribution in [0.1, 0.15) is 5.69 Å². The van der Waals surface area contributed by atoms with Gasteiger partial charge in [-0.2, -0.15) is 0 Å². The van der Waals surface area contributed by atoms with E-state index in [1.807, 2.05) is 12.1 Å². The van der Waals surface area contributed by atoms with E-state index in [0.29, 0.717) is 0 Å². The van der Waals surface area contributed by atoms with E-state index in [4.69, 9.17) is 0 Å². The molecule has 0 fully saturated rings. The van der Waals surface area contributed by atoms with Crippen LogP contribution in [0.3, 0.4) is 0 Å². The van der Waals surface area contributed by atoms with Crippen LogP contribution in [0.2, 0.25) is 0 Å². The Bertz CT molecular complexity index is 198. The summed E-state index contributed by atoms with van der Waals surface area (Å²) in [6.45, 7) is 6.66. The fourth-order valence-electron chi connectivity index (χ4n) is 0.843. The molecule has 1 aromatic rings. The van der Waals surface area contributed by atoms with Gasteiger partial charge in [0.15, 0.2) is 0 Å². The molecule has 0 unspecified atom stereocenters. The van der Waals surface area contributed by atoms with E-state index in [0.717, 1.165) is 6.54 Å². The molecule has 0 atom stereocenters. The SMILES string of the molecule is C=CCn1cccc1C. The lowest BCUT2D eigenvalue weighted by molar-refractivity contribution is 0.799. The van der Waals surface area contributed by atoms with Crippen molar-refractivity contribution in [3.05, 3.63) is 36.7 Å². The Hall–Kier alpha value is -0.980. The Kier molecular flexibility index (Phi) is 1.73. The van der Waals surface area contributed by atoms with Gasteiger partial charge in [-0.15, -0.1) is 6.58 Å². The second-order valence-corrected chi connectivity index (χ2v) is 2.09. The van der Waals surface area contributed by atoms with Crippen molar-refractivity contribution in [1.82, 2.24) is 4.57 Å². The van der Waals surface area contributed by atoms with Crippen LogP contribution in [0, 0.1) is 6.92 Å². The largest absolute Gasteiger partial charge is 0.348 e. The van der Waals surface area contributed by atoms with E-state index in [1.54, 1.807) is 0 Å². The fraction of sp³-hybridized carbons (Fsp3) is 0.250. The van der Waals surface area contributed by atoms with Gasteiger partial charge in [0.25, 0.3) is 0 Å². The summed E-state index contributed by atoms with van der Waals surface area (Å²) in [5.74, 6) is 0. The van der Waals surface area contributed by atoms with Crippen molar-refractivity contribution in [3.8, 4) is 0 Å². The summed E-state index contributed by atoms with van der Waals surface area (Å²) in [5.41, 5.74) is 1.29. The molecule has 9 heavy (non-hydrogen) atoms. The molecule has 0 amide bonds. The molecule has 0 saturated carbocycles. The van der Waals surface area contributed by atoms with Crippen molar-refractivity contribution in [2.24, 2.45) is 0 Å². The zero-order valence-electron chi connectivity index (χ0n) is 5.67. The van der Waals surface area contributed by atoms with Gasteiger partial charge < -0.3 is 4.57 Å². The molecule has 0 aliphatic heterocycles. The standard InChI is InChI=1S/C8H11N/c1-3-6-9-7-4-5-8(9)2/h3-5,7H,1,6H2,2H3. The lowest BCUT2D eigenvalue weighted by Gasteiger charge is -1.98. The third-order valence-electron chi connectivity index (χ3n) is 1.38. The van der Waals surface area contributed by atoms with Crippen molar-refractivity contribution in [2.75, 3.05) is 0 Å². The number of hydrogen-bond donors (Lipinski definition) is 0. The van der Waals surface area contributed by atoms with Crippen LogP contribution in [0.5, 0.6) is 0 Å². The fourth-order valence-corrected chi connectivity index (χ4v) is 0.843. The van der Waals surface area contributed by atoms with E-state index < -0.39 is 0 Å². The molecule has 1 rings (SSSR count). The molecule has 0 spiro atoms. The first kappa shape index (κ1) is 6.14. The Balaban J connectivity index is 2.80. The predicted molar refractivity (Wildman–Crippen MR) is 39.4 cm³/mol. The Morgan fingerprint density at radius 3 is 3.00 bits per heavy atom. The number of aryl methyl sites for hydroxylation is 1. The average molecular weight is 121 g/mol. The quantitative estimate of drug-likeness (QED) is 0.527. The van der Waals surface area contributed by atoms with Crippen molar-refractivity contribution >= 4 is 0 Å². The molecule has 1 heteroatoms. The smallest absolute Gasteiger partial charge is 0.0400 e. The van der Waals surface area contributed by atoms with E-state index in [1.165, 1.54) is 5.69 Å². The molecular formula is C8H11N. The topological polar surface area (TPSA) is 4.93 Å². The minimum absolute atomic E-state index is 0.916. The molecule has 0 radical (unpaired) electrons. The second-order valence-electron chi connectivity index (χ2n) is 2.09. The van der Waals surface area contributed by atoms with Crippen molar-refractivity contribution in [2.45, 2.75) is 13.5 Å². The number of aromatic nitrogens is 1. The molecule has 1 heterocycles. The molecule has 1 nitrogen and oxygen atoms in total. The van der Waals surface area contributed by atoms with Gasteiger partial charge in [0, 0.05) is 18.4 Å². The summed E-state index contributed by atoms with van der Waals surface area (Å²) in [4.78, 5) is 0. The lowest BCUT2D eigenvalue weighted by Crippen LogP contribution is -1.93.